The average molecular weight is 482 g/mol. The largest absolute Gasteiger partial charge is 1.00 e. The van der Waals surface area contributed by atoms with Crippen LogP contribution in [0.4, 0.5) is 17.3 Å². The van der Waals surface area contributed by atoms with Gasteiger partial charge in [0.25, 0.3) is 5.82 Å². The maximum atomic E-state index is 12.5. The Balaban J connectivity index is 0.00000324. The maximum absolute atomic E-state index is 12.5. The molecule has 34 heavy (non-hydrogen) atoms. The number of aromatic nitrogens is 2. The van der Waals surface area contributed by atoms with Crippen LogP contribution in [-0.2, 0) is 4.79 Å². The van der Waals surface area contributed by atoms with E-state index in [1.165, 1.54) is 19.3 Å². The zero-order valence-corrected chi connectivity index (χ0v) is 23.8. The molecule has 1 aromatic heterocycles. The second kappa shape index (κ2) is 12.3. The molecule has 0 radical (unpaired) electrons. The van der Waals surface area contributed by atoms with Crippen molar-refractivity contribution < 1.29 is 60.8 Å². The van der Waals surface area contributed by atoms with Crippen LogP contribution in [0.15, 0.2) is 42.1 Å². The van der Waals surface area contributed by atoms with Gasteiger partial charge in [0.15, 0.2) is 5.69 Å². The molecule has 1 aliphatic heterocycles. The van der Waals surface area contributed by atoms with Gasteiger partial charge in [-0.2, -0.15) is 0 Å². The van der Waals surface area contributed by atoms with Crippen molar-refractivity contribution in [2.75, 3.05) is 17.2 Å². The van der Waals surface area contributed by atoms with Crippen LogP contribution in [0.3, 0.4) is 0 Å². The molecule has 4 rings (SSSR count). The summed E-state index contributed by atoms with van der Waals surface area (Å²) in [5.74, 6) is 2.14. The van der Waals surface area contributed by atoms with Crippen molar-refractivity contribution in [3.63, 3.8) is 0 Å². The Morgan fingerprint density at radius 2 is 2.18 bits per heavy atom. The Morgan fingerprint density at radius 3 is 2.88 bits per heavy atom. The standard InChI is InChI=1S/C27H31N5O.K/c1-5-32-17-24-27(32)31-25(16-28-24)29-20(4)23-15-22(13-12-19(23)3)30-26(33)14-18(2)8-6-9-21-10-7-11-21;/h6,8,12-13,15-17,20-21H,2,5,7,10-11,14H2,1,3-4H3,(H,30,33);/q-2;+1/p+1/b18-8+;. The number of nitrogens with zero attached hydrogens (tertiary/aromatic N) is 3. The zero-order valence-electron chi connectivity index (χ0n) is 20.7. The number of anilines is 2. The normalized spacial score (nSPS) is 16.0. The number of allylic oxidation sites excluding steroid dienone is 3. The summed E-state index contributed by atoms with van der Waals surface area (Å²) in [6, 6.07) is 5.98. The van der Waals surface area contributed by atoms with Crippen molar-refractivity contribution in [3.05, 3.63) is 71.9 Å². The molecule has 1 saturated carbocycles. The number of rotatable bonds is 9. The van der Waals surface area contributed by atoms with Gasteiger partial charge in [-0.1, -0.05) is 31.2 Å². The van der Waals surface area contributed by atoms with E-state index in [4.69, 9.17) is 0 Å². The molecule has 2 aromatic rings. The molecule has 1 amide bonds. The van der Waals surface area contributed by atoms with Gasteiger partial charge in [0.05, 0.1) is 18.8 Å². The molecular weight excluding hydrogens is 449 g/mol. The van der Waals surface area contributed by atoms with Gasteiger partial charge in [0.2, 0.25) is 5.91 Å². The first-order chi connectivity index (χ1) is 15.9. The SMILES string of the molecule is [CH2-]/C(=C\C=[C-]C1CCC1)CC(=O)Nc1ccc(C)c(C(C)Nc2cnc3c(n2)[N+](CC)=C3)c1.[K+]. The molecule has 0 saturated heterocycles. The number of aryl methyl sites for hydroxylation is 1. The quantitative estimate of drug-likeness (QED) is 0.250. The summed E-state index contributed by atoms with van der Waals surface area (Å²) in [6.45, 7) is 11.1. The fourth-order valence-electron chi connectivity index (χ4n) is 3.98. The summed E-state index contributed by atoms with van der Waals surface area (Å²) in [7, 11) is 0. The van der Waals surface area contributed by atoms with E-state index < -0.39 is 0 Å². The number of amides is 1. The Hall–Kier alpha value is -1.77. The number of fused-ring (bicyclic) bond motifs is 1. The molecule has 1 unspecified atom stereocenters. The van der Waals surface area contributed by atoms with Crippen LogP contribution in [0.1, 0.15) is 62.4 Å². The van der Waals surface area contributed by atoms with Crippen LogP contribution in [-0.4, -0.2) is 33.2 Å². The van der Waals surface area contributed by atoms with Crippen LogP contribution in [0.2, 0.25) is 0 Å². The van der Waals surface area contributed by atoms with Gasteiger partial charge < -0.3 is 10.6 Å². The summed E-state index contributed by atoms with van der Waals surface area (Å²) >= 11 is 0. The molecule has 0 bridgehead atoms. The van der Waals surface area contributed by atoms with Gasteiger partial charge in [-0.15, -0.1) is 0 Å². The van der Waals surface area contributed by atoms with E-state index in [-0.39, 0.29) is 69.8 Å². The second-order valence-electron chi connectivity index (χ2n) is 8.83. The zero-order chi connectivity index (χ0) is 23.4. The predicted molar refractivity (Wildman–Crippen MR) is 133 cm³/mol. The molecule has 2 N–H and O–H groups in total. The van der Waals surface area contributed by atoms with E-state index in [0.29, 0.717) is 5.92 Å². The minimum Gasteiger partial charge on any atom is -0.341 e. The topological polar surface area (TPSA) is 69.9 Å². The van der Waals surface area contributed by atoms with E-state index in [9.17, 15) is 4.79 Å². The number of hydrogen-bond donors (Lipinski definition) is 2. The summed E-state index contributed by atoms with van der Waals surface area (Å²) in [5.41, 5.74) is 4.71. The van der Waals surface area contributed by atoms with Gasteiger partial charge in [-0.3, -0.25) is 10.9 Å². The van der Waals surface area contributed by atoms with E-state index in [0.717, 1.165) is 46.3 Å². The minimum absolute atomic E-state index is 0. The fraction of sp³-hybridized carbons (Fsp3) is 0.370. The van der Waals surface area contributed by atoms with Crippen LogP contribution in [0.25, 0.3) is 0 Å². The van der Waals surface area contributed by atoms with Gasteiger partial charge in [0.1, 0.15) is 6.21 Å². The predicted octanol–water partition coefficient (Wildman–Crippen LogP) is 2.31. The monoisotopic (exact) mass is 481 g/mol. The number of carbonyl (C=O) groups excluding carboxylic acids is 1. The summed E-state index contributed by atoms with van der Waals surface area (Å²) in [4.78, 5) is 21.7. The number of nitrogens with one attached hydrogen (secondary N) is 2. The van der Waals surface area contributed by atoms with Crippen molar-refractivity contribution >= 4 is 29.4 Å². The molecule has 1 fully saturated rings. The smallest absolute Gasteiger partial charge is 0.341 e. The Labute approximate surface area is 245 Å². The van der Waals surface area contributed by atoms with Gasteiger partial charge >= 0.3 is 57.2 Å². The number of carbonyl (C=O) groups is 1. The Bertz CT molecular complexity index is 1130. The Kier molecular flexibility index (Phi) is 9.68. The van der Waals surface area contributed by atoms with Gasteiger partial charge in [-0.25, -0.2) is 34.2 Å². The van der Waals surface area contributed by atoms with Crippen LogP contribution in [0, 0.1) is 25.8 Å². The fourth-order valence-corrected chi connectivity index (χ4v) is 3.98. The number of benzene rings is 1. The van der Waals surface area contributed by atoms with Crippen LogP contribution >= 0.6 is 0 Å². The molecule has 1 aromatic carbocycles. The summed E-state index contributed by atoms with van der Waals surface area (Å²) < 4.78 is 2.08. The van der Waals surface area contributed by atoms with Crippen LogP contribution in [0.5, 0.6) is 0 Å². The third-order valence-corrected chi connectivity index (χ3v) is 6.21. The summed E-state index contributed by atoms with van der Waals surface area (Å²) in [5, 5.41) is 6.44. The third-order valence-electron chi connectivity index (χ3n) is 6.21. The van der Waals surface area contributed by atoms with Crippen molar-refractivity contribution in [2.45, 2.75) is 52.5 Å². The molecule has 2 aliphatic rings. The molecule has 0 spiro atoms. The summed E-state index contributed by atoms with van der Waals surface area (Å²) in [6.07, 6.45) is 14.9. The van der Waals surface area contributed by atoms with Crippen molar-refractivity contribution in [1.29, 1.82) is 0 Å². The molecule has 6 nitrogen and oxygen atoms in total. The van der Waals surface area contributed by atoms with Crippen molar-refractivity contribution in [1.82, 2.24) is 9.97 Å². The number of hydrogen-bond acceptors (Lipinski definition) is 4. The van der Waals surface area contributed by atoms with Crippen molar-refractivity contribution in [2.24, 2.45) is 5.92 Å². The Morgan fingerprint density at radius 1 is 1.38 bits per heavy atom. The second-order valence-corrected chi connectivity index (χ2v) is 8.83. The molecule has 2 heterocycles. The van der Waals surface area contributed by atoms with E-state index in [1.807, 2.05) is 36.6 Å². The van der Waals surface area contributed by atoms with Gasteiger partial charge in [-0.05, 0) is 49.0 Å². The minimum atomic E-state index is -0.0761. The molecule has 1 atom stereocenters. The average Bonchev–Trinajstić information content (AvgIpc) is 2.73. The maximum Gasteiger partial charge on any atom is 1.00 e. The van der Waals surface area contributed by atoms with Crippen LogP contribution < -0.4 is 62.0 Å². The first-order valence-corrected chi connectivity index (χ1v) is 11.7. The first-order valence-electron chi connectivity index (χ1n) is 11.7. The third kappa shape index (κ3) is 6.67. The first kappa shape index (κ1) is 26.8. The molecule has 1 aliphatic carbocycles. The van der Waals surface area contributed by atoms with Gasteiger partial charge in [0, 0.05) is 12.1 Å². The molecule has 7 heteroatoms. The van der Waals surface area contributed by atoms with E-state index in [2.05, 4.69) is 58.9 Å². The van der Waals surface area contributed by atoms with E-state index >= 15 is 0 Å². The van der Waals surface area contributed by atoms with Crippen molar-refractivity contribution in [3.8, 4) is 0 Å². The molecule has 172 valence electrons. The van der Waals surface area contributed by atoms with E-state index in [1.54, 1.807) is 6.20 Å². The molecular formula is C27H32KN5O.